The van der Waals surface area contributed by atoms with Gasteiger partial charge < -0.3 is 9.15 Å². The summed E-state index contributed by atoms with van der Waals surface area (Å²) in [6, 6.07) is 9.37. The fourth-order valence-corrected chi connectivity index (χ4v) is 3.51. The lowest BCUT2D eigenvalue weighted by molar-refractivity contribution is 0.101. The minimum absolute atomic E-state index is 0.238. The second kappa shape index (κ2) is 7.24. The van der Waals surface area contributed by atoms with E-state index >= 15 is 0 Å². The molecule has 0 bridgehead atoms. The number of amides is 1. The maximum atomic E-state index is 12.4. The number of carbonyl (C=O) groups excluding carboxylic acids is 1. The molecule has 0 radical (unpaired) electrons. The second-order valence-corrected chi connectivity index (χ2v) is 6.60. The molecule has 8 heteroatoms. The third-order valence-electron chi connectivity index (χ3n) is 4.03. The molecule has 0 aliphatic heterocycles. The van der Waals surface area contributed by atoms with Gasteiger partial charge in [-0.2, -0.15) is 5.10 Å². The van der Waals surface area contributed by atoms with E-state index in [0.717, 1.165) is 5.39 Å². The Hall–Kier alpha value is -3.13. The molecule has 0 fully saturated rings. The maximum Gasteiger partial charge on any atom is 0.275 e. The van der Waals surface area contributed by atoms with Crippen LogP contribution in [-0.2, 0) is 6.54 Å². The number of anilines is 1. The Balaban J connectivity index is 1.58. The molecular formula is C19H18N4O3S. The number of benzene rings is 1. The Morgan fingerprint density at radius 3 is 3.04 bits per heavy atom. The van der Waals surface area contributed by atoms with E-state index in [1.54, 1.807) is 16.9 Å². The molecule has 1 amide bonds. The number of carbonyl (C=O) groups is 1. The molecule has 1 aromatic carbocycles. The van der Waals surface area contributed by atoms with Crippen molar-refractivity contribution >= 4 is 33.3 Å². The normalized spacial score (nSPS) is 11.0. The molecule has 3 heterocycles. The van der Waals surface area contributed by atoms with Crippen molar-refractivity contribution in [2.75, 3.05) is 11.9 Å². The lowest BCUT2D eigenvalue weighted by Gasteiger charge is -2.03. The molecule has 0 saturated carbocycles. The van der Waals surface area contributed by atoms with E-state index in [2.05, 4.69) is 15.4 Å². The smallest absolute Gasteiger partial charge is 0.275 e. The first kappa shape index (κ1) is 17.3. The highest BCUT2D eigenvalue weighted by atomic mass is 32.1. The summed E-state index contributed by atoms with van der Waals surface area (Å²) in [6.45, 7) is 5.06. The van der Waals surface area contributed by atoms with Crippen LogP contribution in [0, 0.1) is 0 Å². The van der Waals surface area contributed by atoms with Gasteiger partial charge in [-0.25, -0.2) is 4.98 Å². The zero-order chi connectivity index (χ0) is 18.8. The third-order valence-corrected chi connectivity index (χ3v) is 4.79. The van der Waals surface area contributed by atoms with E-state index in [4.69, 9.17) is 9.15 Å². The third kappa shape index (κ3) is 3.31. The second-order valence-electron chi connectivity index (χ2n) is 5.74. The van der Waals surface area contributed by atoms with Crippen LogP contribution in [0.25, 0.3) is 22.4 Å². The molecule has 0 aliphatic rings. The molecule has 138 valence electrons. The molecule has 0 spiro atoms. The lowest BCUT2D eigenvalue weighted by atomic mass is 10.2. The van der Waals surface area contributed by atoms with Crippen LogP contribution < -0.4 is 10.1 Å². The maximum absolute atomic E-state index is 12.4. The van der Waals surface area contributed by atoms with E-state index in [1.165, 1.54) is 11.3 Å². The van der Waals surface area contributed by atoms with Gasteiger partial charge in [0, 0.05) is 23.5 Å². The predicted octanol–water partition coefficient (Wildman–Crippen LogP) is 4.42. The van der Waals surface area contributed by atoms with Gasteiger partial charge in [-0.05, 0) is 32.0 Å². The summed E-state index contributed by atoms with van der Waals surface area (Å²) < 4.78 is 13.2. The van der Waals surface area contributed by atoms with Gasteiger partial charge in [0.15, 0.2) is 22.2 Å². The summed E-state index contributed by atoms with van der Waals surface area (Å²) in [7, 11) is 0. The fraction of sp³-hybridized carbons (Fsp3) is 0.211. The minimum Gasteiger partial charge on any atom is -0.490 e. The molecule has 0 aliphatic carbocycles. The van der Waals surface area contributed by atoms with Gasteiger partial charge in [0.1, 0.15) is 11.4 Å². The predicted molar refractivity (Wildman–Crippen MR) is 104 cm³/mol. The van der Waals surface area contributed by atoms with Crippen LogP contribution in [0.4, 0.5) is 5.13 Å². The molecule has 0 atom stereocenters. The number of fused-ring (bicyclic) bond motifs is 1. The number of aromatic nitrogens is 3. The van der Waals surface area contributed by atoms with Crippen molar-refractivity contribution < 1.29 is 13.9 Å². The summed E-state index contributed by atoms with van der Waals surface area (Å²) in [5.74, 6) is 1.10. The van der Waals surface area contributed by atoms with Crippen molar-refractivity contribution in [1.29, 1.82) is 0 Å². The number of ether oxygens (including phenoxy) is 1. The highest BCUT2D eigenvalue weighted by Gasteiger charge is 2.16. The van der Waals surface area contributed by atoms with Crippen LogP contribution >= 0.6 is 11.3 Å². The number of nitrogens with one attached hydrogen (secondary N) is 1. The SMILES string of the molecule is CCOc1cccc2cc(-c3csc(NC(=O)c4ccnn4CC)n3)oc12. The summed E-state index contributed by atoms with van der Waals surface area (Å²) in [6.07, 6.45) is 1.61. The van der Waals surface area contributed by atoms with E-state index in [9.17, 15) is 4.79 Å². The topological polar surface area (TPSA) is 82.2 Å². The Morgan fingerprint density at radius 2 is 2.22 bits per heavy atom. The number of thiazole rings is 1. The highest BCUT2D eigenvalue weighted by molar-refractivity contribution is 7.14. The Morgan fingerprint density at radius 1 is 1.33 bits per heavy atom. The molecule has 3 aromatic heterocycles. The first-order chi connectivity index (χ1) is 13.2. The van der Waals surface area contributed by atoms with Gasteiger partial charge in [-0.15, -0.1) is 11.3 Å². The van der Waals surface area contributed by atoms with Gasteiger partial charge in [-0.3, -0.25) is 14.8 Å². The zero-order valence-corrected chi connectivity index (χ0v) is 15.7. The van der Waals surface area contributed by atoms with Crippen LogP contribution in [0.5, 0.6) is 5.75 Å². The van der Waals surface area contributed by atoms with Crippen LogP contribution in [0.15, 0.2) is 46.3 Å². The molecule has 0 saturated heterocycles. The standard InChI is InChI=1S/C19H18N4O3S/c1-3-23-14(8-9-20-23)18(24)22-19-21-13(11-27-19)16-10-12-6-5-7-15(25-4-2)17(12)26-16/h5-11H,3-4H2,1-2H3,(H,21,22,24). The number of nitrogens with zero attached hydrogens (tertiary/aromatic N) is 3. The zero-order valence-electron chi connectivity index (χ0n) is 14.9. The lowest BCUT2D eigenvalue weighted by Crippen LogP contribution is -2.17. The first-order valence-corrected chi connectivity index (χ1v) is 9.52. The molecule has 0 unspecified atom stereocenters. The number of para-hydroxylation sites is 1. The molecule has 4 rings (SSSR count). The van der Waals surface area contributed by atoms with Crippen LogP contribution in [0.2, 0.25) is 0 Å². The number of aryl methyl sites for hydroxylation is 1. The van der Waals surface area contributed by atoms with Crippen LogP contribution in [0.1, 0.15) is 24.3 Å². The summed E-state index contributed by atoms with van der Waals surface area (Å²) in [5, 5.41) is 10.2. The van der Waals surface area contributed by atoms with Crippen molar-refractivity contribution in [3.63, 3.8) is 0 Å². The summed E-state index contributed by atoms with van der Waals surface area (Å²) >= 11 is 1.34. The van der Waals surface area contributed by atoms with Crippen molar-refractivity contribution in [1.82, 2.24) is 14.8 Å². The van der Waals surface area contributed by atoms with Crippen LogP contribution in [-0.4, -0.2) is 27.3 Å². The molecule has 7 nitrogen and oxygen atoms in total. The van der Waals surface area contributed by atoms with Crippen molar-refractivity contribution in [2.24, 2.45) is 0 Å². The summed E-state index contributed by atoms with van der Waals surface area (Å²) in [5.41, 5.74) is 1.86. The van der Waals surface area contributed by atoms with E-state index in [-0.39, 0.29) is 5.91 Å². The molecule has 27 heavy (non-hydrogen) atoms. The highest BCUT2D eigenvalue weighted by Crippen LogP contribution is 2.34. The van der Waals surface area contributed by atoms with E-state index < -0.39 is 0 Å². The number of hydrogen-bond donors (Lipinski definition) is 1. The molecule has 1 N–H and O–H groups in total. The Kier molecular flexibility index (Phi) is 4.64. The van der Waals surface area contributed by atoms with Crippen LogP contribution in [0.3, 0.4) is 0 Å². The molecular weight excluding hydrogens is 364 g/mol. The van der Waals surface area contributed by atoms with E-state index in [1.807, 2.05) is 43.5 Å². The van der Waals surface area contributed by atoms with Gasteiger partial charge >= 0.3 is 0 Å². The van der Waals surface area contributed by atoms with Gasteiger partial charge in [0.25, 0.3) is 5.91 Å². The van der Waals surface area contributed by atoms with Gasteiger partial charge in [0.05, 0.1) is 6.61 Å². The van der Waals surface area contributed by atoms with E-state index in [0.29, 0.717) is 46.8 Å². The van der Waals surface area contributed by atoms with Gasteiger partial charge in [-0.1, -0.05) is 12.1 Å². The number of hydrogen-bond acceptors (Lipinski definition) is 6. The average molecular weight is 382 g/mol. The van der Waals surface area contributed by atoms with Crippen molar-refractivity contribution in [3.05, 3.63) is 47.6 Å². The number of rotatable bonds is 6. The van der Waals surface area contributed by atoms with Crippen molar-refractivity contribution in [2.45, 2.75) is 20.4 Å². The monoisotopic (exact) mass is 382 g/mol. The Bertz CT molecular complexity index is 1100. The summed E-state index contributed by atoms with van der Waals surface area (Å²) in [4.78, 5) is 16.9. The van der Waals surface area contributed by atoms with Gasteiger partial charge in [0.2, 0.25) is 0 Å². The molecule has 4 aromatic rings. The first-order valence-electron chi connectivity index (χ1n) is 8.64. The largest absolute Gasteiger partial charge is 0.490 e. The fourth-order valence-electron chi connectivity index (χ4n) is 2.81. The average Bonchev–Trinajstić information content (AvgIpc) is 3.40. The number of furan rings is 1. The Labute approximate surface area is 159 Å². The van der Waals surface area contributed by atoms with Crippen molar-refractivity contribution in [3.8, 4) is 17.2 Å². The quantitative estimate of drug-likeness (QED) is 0.534. The minimum atomic E-state index is -0.238.